The molecule has 43 heavy (non-hydrogen) atoms. The van der Waals surface area contributed by atoms with Gasteiger partial charge in [-0.15, -0.1) is 0 Å². The van der Waals surface area contributed by atoms with Gasteiger partial charge in [-0.05, 0) is 70.8 Å². The van der Waals surface area contributed by atoms with Gasteiger partial charge in [0.15, 0.2) is 0 Å². The van der Waals surface area contributed by atoms with Crippen LogP contribution in [0, 0.1) is 0 Å². The lowest BCUT2D eigenvalue weighted by molar-refractivity contribution is 0.416. The number of epoxide rings is 1. The first-order chi connectivity index (χ1) is 21.3. The second kappa shape index (κ2) is 9.32. The molecule has 9 rings (SSSR count). The number of para-hydroxylation sites is 2. The van der Waals surface area contributed by atoms with Gasteiger partial charge in [0.05, 0.1) is 28.7 Å². The van der Waals surface area contributed by atoms with Crippen LogP contribution in [0.3, 0.4) is 0 Å². The quantitative estimate of drug-likeness (QED) is 0.195. The molecule has 1 atom stereocenters. The van der Waals surface area contributed by atoms with Crippen LogP contribution in [0.25, 0.3) is 72.2 Å². The van der Waals surface area contributed by atoms with Crippen molar-refractivity contribution in [3.05, 3.63) is 151 Å². The minimum atomic E-state index is 0.216. The highest BCUT2D eigenvalue weighted by Crippen LogP contribution is 2.38. The number of fused-ring (bicyclic) bond motifs is 6. The lowest BCUT2D eigenvalue weighted by atomic mass is 10.0. The Balaban J connectivity index is 1.22. The monoisotopic (exact) mass is 552 g/mol. The molecule has 3 nitrogen and oxygen atoms in total. The van der Waals surface area contributed by atoms with Crippen LogP contribution >= 0.6 is 0 Å². The molecule has 1 aliphatic heterocycles. The van der Waals surface area contributed by atoms with Crippen LogP contribution in [-0.2, 0) is 4.74 Å². The predicted octanol–water partition coefficient (Wildman–Crippen LogP) is 10.3. The van der Waals surface area contributed by atoms with E-state index in [1.807, 2.05) is 6.08 Å². The molecule has 1 fully saturated rings. The zero-order valence-electron chi connectivity index (χ0n) is 23.6. The Morgan fingerprint density at radius 1 is 0.535 bits per heavy atom. The fourth-order valence-corrected chi connectivity index (χ4v) is 6.75. The smallest absolute Gasteiger partial charge is 0.106 e. The van der Waals surface area contributed by atoms with Crippen molar-refractivity contribution >= 4 is 49.7 Å². The third kappa shape index (κ3) is 3.79. The molecule has 1 saturated heterocycles. The van der Waals surface area contributed by atoms with Gasteiger partial charge in [-0.25, -0.2) is 0 Å². The van der Waals surface area contributed by atoms with Gasteiger partial charge in [-0.2, -0.15) is 0 Å². The van der Waals surface area contributed by atoms with E-state index in [9.17, 15) is 0 Å². The summed E-state index contributed by atoms with van der Waals surface area (Å²) in [4.78, 5) is 0. The summed E-state index contributed by atoms with van der Waals surface area (Å²) in [6.45, 7) is 4.82. The maximum atomic E-state index is 5.63. The molecular weight excluding hydrogens is 524 g/mol. The van der Waals surface area contributed by atoms with Gasteiger partial charge in [0, 0.05) is 32.9 Å². The first-order valence-corrected chi connectivity index (χ1v) is 14.8. The number of ether oxygens (including phenoxy) is 1. The molecule has 3 heteroatoms. The predicted molar refractivity (Wildman–Crippen MR) is 179 cm³/mol. The zero-order chi connectivity index (χ0) is 28.5. The van der Waals surface area contributed by atoms with Crippen LogP contribution < -0.4 is 0 Å². The van der Waals surface area contributed by atoms with Gasteiger partial charge in [0.2, 0.25) is 0 Å². The van der Waals surface area contributed by atoms with E-state index in [0.717, 1.165) is 23.5 Å². The Kier molecular flexibility index (Phi) is 5.25. The highest BCUT2D eigenvalue weighted by atomic mass is 16.6. The highest BCUT2D eigenvalue weighted by Gasteiger charge is 2.26. The summed E-state index contributed by atoms with van der Waals surface area (Å²) in [5.74, 6) is 0. The van der Waals surface area contributed by atoms with Crippen molar-refractivity contribution in [1.29, 1.82) is 0 Å². The fraction of sp³-hybridized carbons (Fsp3) is 0.0500. The summed E-state index contributed by atoms with van der Waals surface area (Å²) < 4.78 is 10.4. The van der Waals surface area contributed by atoms with E-state index < -0.39 is 0 Å². The van der Waals surface area contributed by atoms with Crippen molar-refractivity contribution in [2.75, 3.05) is 6.61 Å². The molecule has 0 N–H and O–H groups in total. The average molecular weight is 553 g/mol. The van der Waals surface area contributed by atoms with Gasteiger partial charge in [0.25, 0.3) is 0 Å². The summed E-state index contributed by atoms with van der Waals surface area (Å²) in [6.07, 6.45) is 2.13. The van der Waals surface area contributed by atoms with Crippen LogP contribution in [0.4, 0.5) is 0 Å². The highest BCUT2D eigenvalue weighted by molar-refractivity contribution is 6.10. The van der Waals surface area contributed by atoms with Gasteiger partial charge < -0.3 is 13.9 Å². The average Bonchev–Trinajstić information content (AvgIpc) is 3.80. The molecule has 0 radical (unpaired) electrons. The summed E-state index contributed by atoms with van der Waals surface area (Å²) in [7, 11) is 0. The number of rotatable bonds is 5. The summed E-state index contributed by atoms with van der Waals surface area (Å²) in [5.41, 5.74) is 11.8. The van der Waals surface area contributed by atoms with E-state index in [2.05, 4.69) is 149 Å². The molecule has 204 valence electrons. The van der Waals surface area contributed by atoms with Crippen molar-refractivity contribution in [2.45, 2.75) is 6.10 Å². The van der Waals surface area contributed by atoms with Crippen molar-refractivity contribution in [1.82, 2.24) is 9.13 Å². The third-order valence-electron chi connectivity index (χ3n) is 8.88. The molecule has 0 bridgehead atoms. The van der Waals surface area contributed by atoms with Crippen molar-refractivity contribution in [3.8, 4) is 22.5 Å². The molecule has 0 spiro atoms. The molecule has 0 saturated carbocycles. The van der Waals surface area contributed by atoms with Crippen LogP contribution in [0.15, 0.2) is 140 Å². The molecule has 8 aromatic rings. The lowest BCUT2D eigenvalue weighted by Crippen LogP contribution is -1.96. The second-order valence-corrected chi connectivity index (χ2v) is 11.4. The van der Waals surface area contributed by atoms with E-state index in [0.29, 0.717) is 0 Å². The summed E-state index contributed by atoms with van der Waals surface area (Å²) in [5, 5.41) is 5.02. The minimum Gasteiger partial charge on any atom is -0.368 e. The van der Waals surface area contributed by atoms with Gasteiger partial charge in [-0.3, -0.25) is 0 Å². The number of hydrogen-bond acceptors (Lipinski definition) is 1. The molecular formula is C40H28N2O. The molecule has 1 unspecified atom stereocenters. The van der Waals surface area contributed by atoms with Gasteiger partial charge >= 0.3 is 0 Å². The fourth-order valence-electron chi connectivity index (χ4n) is 6.75. The molecule has 0 aliphatic carbocycles. The van der Waals surface area contributed by atoms with Crippen LogP contribution in [0.5, 0.6) is 0 Å². The largest absolute Gasteiger partial charge is 0.368 e. The summed E-state index contributed by atoms with van der Waals surface area (Å²) >= 11 is 0. The Morgan fingerprint density at radius 2 is 1.07 bits per heavy atom. The first-order valence-electron chi connectivity index (χ1n) is 14.8. The SMILES string of the molecule is C=Cc1ccc2c3ccccc3n(-c3cccc(-c4cccc(-n5c6ccccc6c6ccc(C7CO7)cc65)c4)c3)c2c1. The Bertz CT molecular complexity index is 2380. The van der Waals surface area contributed by atoms with E-state index >= 15 is 0 Å². The Labute approximate surface area is 249 Å². The van der Waals surface area contributed by atoms with Gasteiger partial charge in [-0.1, -0.05) is 97.6 Å². The first kappa shape index (κ1) is 24.2. The Morgan fingerprint density at radius 3 is 1.65 bits per heavy atom. The topological polar surface area (TPSA) is 22.4 Å². The van der Waals surface area contributed by atoms with Crippen LogP contribution in [-0.4, -0.2) is 15.7 Å². The van der Waals surface area contributed by atoms with Crippen LogP contribution in [0.1, 0.15) is 17.2 Å². The number of hydrogen-bond donors (Lipinski definition) is 0. The lowest BCUT2D eigenvalue weighted by Gasteiger charge is -2.13. The van der Waals surface area contributed by atoms with Gasteiger partial charge in [0.1, 0.15) is 6.10 Å². The number of nitrogens with zero attached hydrogens (tertiary/aromatic N) is 2. The minimum absolute atomic E-state index is 0.216. The number of aromatic nitrogens is 2. The third-order valence-corrected chi connectivity index (χ3v) is 8.88. The van der Waals surface area contributed by atoms with Crippen molar-refractivity contribution in [2.24, 2.45) is 0 Å². The molecule has 6 aromatic carbocycles. The maximum Gasteiger partial charge on any atom is 0.106 e. The standard InChI is InChI=1S/C40H28N2O/c1-2-26-17-19-34-32-13-3-5-15-36(32)41(38(34)21-26)30-11-7-9-27(22-30)28-10-8-12-31(23-28)42-37-16-6-4-14-33(37)35-20-18-29(24-39(35)42)40-25-43-40/h2-24,40H,1,25H2. The zero-order valence-corrected chi connectivity index (χ0v) is 23.6. The summed E-state index contributed by atoms with van der Waals surface area (Å²) in [6, 6.07) is 48.5. The van der Waals surface area contributed by atoms with Crippen molar-refractivity contribution in [3.63, 3.8) is 0 Å². The Hall–Kier alpha value is -5.38. The maximum absolute atomic E-state index is 5.63. The molecule has 3 heterocycles. The van der Waals surface area contributed by atoms with E-state index in [-0.39, 0.29) is 6.10 Å². The van der Waals surface area contributed by atoms with E-state index in [1.54, 1.807) is 0 Å². The van der Waals surface area contributed by atoms with Crippen molar-refractivity contribution < 1.29 is 4.74 Å². The second-order valence-electron chi connectivity index (χ2n) is 11.4. The normalized spacial score (nSPS) is 14.7. The van der Waals surface area contributed by atoms with Crippen LogP contribution in [0.2, 0.25) is 0 Å². The van der Waals surface area contributed by atoms with E-state index in [4.69, 9.17) is 4.74 Å². The molecule has 2 aromatic heterocycles. The number of benzene rings is 6. The molecule has 1 aliphatic rings. The van der Waals surface area contributed by atoms with E-state index in [1.165, 1.54) is 60.3 Å². The molecule has 0 amide bonds.